The number of benzene rings is 1. The van der Waals surface area contributed by atoms with Crippen molar-refractivity contribution in [1.29, 1.82) is 0 Å². The lowest BCUT2D eigenvalue weighted by molar-refractivity contribution is 0.339. The molecule has 0 radical (unpaired) electrons. The van der Waals surface area contributed by atoms with E-state index in [1.54, 1.807) is 6.07 Å². The molecule has 1 aliphatic heterocycles. The highest BCUT2D eigenvalue weighted by Crippen LogP contribution is 2.32. The van der Waals surface area contributed by atoms with Gasteiger partial charge < -0.3 is 9.64 Å². The number of para-hydroxylation sites is 1. The van der Waals surface area contributed by atoms with E-state index in [1.165, 1.54) is 21.4 Å². The van der Waals surface area contributed by atoms with Crippen molar-refractivity contribution in [3.05, 3.63) is 58.0 Å². The Morgan fingerprint density at radius 2 is 2.11 bits per heavy atom. The number of nitrogens with zero attached hydrogens (tertiary/aromatic N) is 4. The third-order valence-corrected chi connectivity index (χ3v) is 5.63. The topological polar surface area (TPSA) is 59.7 Å². The van der Waals surface area contributed by atoms with Gasteiger partial charge in [0.1, 0.15) is 5.75 Å². The standard InChI is InChI=1S/C20H22N4O2S/c1-3-15-13-18(25)24-19(21-15)27-20(22-24)23-11-9-14(10-12-23)16-7-5-6-8-17(16)26-4-2/h5-9,13H,3-4,10-12H2,1-2H3. The Balaban J connectivity index is 1.60. The van der Waals surface area contributed by atoms with Gasteiger partial charge in [-0.1, -0.05) is 42.5 Å². The van der Waals surface area contributed by atoms with Gasteiger partial charge in [0, 0.05) is 30.4 Å². The van der Waals surface area contributed by atoms with Gasteiger partial charge in [-0.3, -0.25) is 4.79 Å². The fourth-order valence-corrected chi connectivity index (χ4v) is 4.22. The van der Waals surface area contributed by atoms with Crippen molar-refractivity contribution in [1.82, 2.24) is 14.6 Å². The van der Waals surface area contributed by atoms with Gasteiger partial charge >= 0.3 is 0 Å². The SMILES string of the molecule is CCOc1ccccc1C1=CCN(c2nn3c(=O)cc(CC)nc3s2)CC1. The van der Waals surface area contributed by atoms with Crippen LogP contribution in [0.1, 0.15) is 31.5 Å². The number of anilines is 1. The second kappa shape index (κ2) is 7.52. The number of fused-ring (bicyclic) bond motifs is 1. The van der Waals surface area contributed by atoms with Crippen LogP contribution >= 0.6 is 11.3 Å². The maximum absolute atomic E-state index is 12.2. The minimum Gasteiger partial charge on any atom is -0.493 e. The molecule has 1 aromatic carbocycles. The summed E-state index contributed by atoms with van der Waals surface area (Å²) in [5.41, 5.74) is 3.15. The molecule has 0 spiro atoms. The number of aromatic nitrogens is 3. The Morgan fingerprint density at radius 3 is 2.85 bits per heavy atom. The van der Waals surface area contributed by atoms with Gasteiger partial charge in [-0.15, -0.1) is 5.10 Å². The normalized spacial score (nSPS) is 14.4. The van der Waals surface area contributed by atoms with Crippen molar-refractivity contribution >= 4 is 27.0 Å². The smallest absolute Gasteiger partial charge is 0.275 e. The molecule has 3 aromatic rings. The van der Waals surface area contributed by atoms with Crippen molar-refractivity contribution in [2.75, 3.05) is 24.6 Å². The van der Waals surface area contributed by atoms with Crippen LogP contribution in [0.3, 0.4) is 0 Å². The first-order valence-electron chi connectivity index (χ1n) is 9.25. The van der Waals surface area contributed by atoms with E-state index in [2.05, 4.69) is 27.1 Å². The Kier molecular flexibility index (Phi) is 4.94. The number of rotatable bonds is 5. The summed E-state index contributed by atoms with van der Waals surface area (Å²) >= 11 is 1.47. The lowest BCUT2D eigenvalue weighted by atomic mass is 9.99. The van der Waals surface area contributed by atoms with Crippen molar-refractivity contribution in [2.24, 2.45) is 0 Å². The molecule has 0 unspecified atom stereocenters. The van der Waals surface area contributed by atoms with E-state index in [-0.39, 0.29) is 5.56 Å². The highest BCUT2D eigenvalue weighted by Gasteiger charge is 2.19. The monoisotopic (exact) mass is 382 g/mol. The Hall–Kier alpha value is -2.67. The Bertz CT molecular complexity index is 1050. The van der Waals surface area contributed by atoms with Crippen LogP contribution in [0.4, 0.5) is 5.13 Å². The van der Waals surface area contributed by atoms with E-state index in [0.717, 1.165) is 48.1 Å². The zero-order valence-electron chi connectivity index (χ0n) is 15.5. The van der Waals surface area contributed by atoms with E-state index >= 15 is 0 Å². The number of hydrogen-bond donors (Lipinski definition) is 0. The molecule has 3 heterocycles. The quantitative estimate of drug-likeness (QED) is 0.677. The fourth-order valence-electron chi connectivity index (χ4n) is 3.26. The van der Waals surface area contributed by atoms with Gasteiger partial charge in [-0.25, -0.2) is 4.98 Å². The molecule has 0 aliphatic carbocycles. The van der Waals surface area contributed by atoms with Crippen molar-refractivity contribution in [2.45, 2.75) is 26.7 Å². The van der Waals surface area contributed by atoms with E-state index in [0.29, 0.717) is 11.6 Å². The zero-order chi connectivity index (χ0) is 18.8. The highest BCUT2D eigenvalue weighted by atomic mass is 32.1. The second-order valence-corrected chi connectivity index (χ2v) is 7.31. The number of aryl methyl sites for hydroxylation is 1. The fraction of sp³-hybridized carbons (Fsp3) is 0.350. The summed E-state index contributed by atoms with van der Waals surface area (Å²) in [6.45, 7) is 6.26. The molecule has 140 valence electrons. The van der Waals surface area contributed by atoms with Crippen LogP contribution in [0.25, 0.3) is 10.5 Å². The molecule has 4 rings (SSSR count). The molecular formula is C20H22N4O2S. The van der Waals surface area contributed by atoms with E-state index in [9.17, 15) is 4.79 Å². The first-order chi connectivity index (χ1) is 13.2. The van der Waals surface area contributed by atoms with Gasteiger partial charge in [0.2, 0.25) is 10.1 Å². The van der Waals surface area contributed by atoms with Gasteiger partial charge in [0.15, 0.2) is 0 Å². The third kappa shape index (κ3) is 3.47. The van der Waals surface area contributed by atoms with Gasteiger partial charge in [0.25, 0.3) is 5.56 Å². The Labute approximate surface area is 161 Å². The molecule has 0 saturated heterocycles. The summed E-state index contributed by atoms with van der Waals surface area (Å²) in [4.78, 5) is 19.6. The average Bonchev–Trinajstić information content (AvgIpc) is 3.13. The van der Waals surface area contributed by atoms with Crippen LogP contribution in [0.5, 0.6) is 5.75 Å². The van der Waals surface area contributed by atoms with Crippen LogP contribution < -0.4 is 15.2 Å². The first-order valence-corrected chi connectivity index (χ1v) is 10.1. The molecule has 0 fully saturated rings. The van der Waals surface area contributed by atoms with Crippen LogP contribution in [0.2, 0.25) is 0 Å². The third-order valence-electron chi connectivity index (χ3n) is 4.66. The largest absolute Gasteiger partial charge is 0.493 e. The predicted octanol–water partition coefficient (Wildman–Crippen LogP) is 3.41. The predicted molar refractivity (Wildman–Crippen MR) is 109 cm³/mol. The summed E-state index contributed by atoms with van der Waals surface area (Å²) in [7, 11) is 0. The highest BCUT2D eigenvalue weighted by molar-refractivity contribution is 7.20. The molecule has 0 saturated carbocycles. The van der Waals surface area contributed by atoms with Gasteiger partial charge in [-0.2, -0.15) is 4.52 Å². The van der Waals surface area contributed by atoms with E-state index in [4.69, 9.17) is 4.74 Å². The summed E-state index contributed by atoms with van der Waals surface area (Å²) in [5, 5.41) is 5.32. The Morgan fingerprint density at radius 1 is 1.26 bits per heavy atom. The lowest BCUT2D eigenvalue weighted by Crippen LogP contribution is -2.28. The minimum absolute atomic E-state index is 0.113. The zero-order valence-corrected chi connectivity index (χ0v) is 16.3. The molecule has 2 aromatic heterocycles. The van der Waals surface area contributed by atoms with Crippen molar-refractivity contribution in [3.8, 4) is 5.75 Å². The molecule has 0 N–H and O–H groups in total. The molecule has 1 aliphatic rings. The van der Waals surface area contributed by atoms with E-state index in [1.807, 2.05) is 32.0 Å². The van der Waals surface area contributed by atoms with Gasteiger partial charge in [0.05, 0.1) is 6.61 Å². The lowest BCUT2D eigenvalue weighted by Gasteiger charge is -2.26. The summed E-state index contributed by atoms with van der Waals surface area (Å²) in [5.74, 6) is 0.933. The van der Waals surface area contributed by atoms with Crippen LogP contribution in [0.15, 0.2) is 41.2 Å². The maximum atomic E-state index is 12.2. The molecule has 27 heavy (non-hydrogen) atoms. The van der Waals surface area contributed by atoms with Crippen molar-refractivity contribution < 1.29 is 4.74 Å². The van der Waals surface area contributed by atoms with Crippen LogP contribution in [-0.4, -0.2) is 34.3 Å². The molecule has 0 amide bonds. The maximum Gasteiger partial charge on any atom is 0.275 e. The number of hydrogen-bond acceptors (Lipinski definition) is 6. The second-order valence-electron chi connectivity index (χ2n) is 6.37. The summed E-state index contributed by atoms with van der Waals surface area (Å²) in [6, 6.07) is 9.74. The van der Waals surface area contributed by atoms with Crippen LogP contribution in [0, 0.1) is 0 Å². The van der Waals surface area contributed by atoms with Crippen LogP contribution in [-0.2, 0) is 6.42 Å². The number of ether oxygens (including phenoxy) is 1. The first kappa shape index (κ1) is 17.7. The molecule has 0 bridgehead atoms. The molecule has 6 nitrogen and oxygen atoms in total. The van der Waals surface area contributed by atoms with Crippen molar-refractivity contribution in [3.63, 3.8) is 0 Å². The van der Waals surface area contributed by atoms with Gasteiger partial charge in [-0.05, 0) is 31.4 Å². The molecule has 7 heteroatoms. The summed E-state index contributed by atoms with van der Waals surface area (Å²) < 4.78 is 7.17. The summed E-state index contributed by atoms with van der Waals surface area (Å²) in [6.07, 6.45) is 3.87. The minimum atomic E-state index is -0.113. The average molecular weight is 382 g/mol. The molecular weight excluding hydrogens is 360 g/mol. The molecule has 0 atom stereocenters. The van der Waals surface area contributed by atoms with E-state index < -0.39 is 0 Å².